The molecule has 3 aromatic heterocycles. The zero-order valence-corrected chi connectivity index (χ0v) is 37.9. The molecule has 0 aliphatic carbocycles. The molecule has 0 saturated heterocycles. The SMILES string of the molecule is [C-]#[N+]/C(=C\C=C\C1=Cc2nc1c(-c1c(C)cccc1C)c1ccc([nH]1)c(-c1c(C)cccc1C)c1nc(c(-c3c(C)cccc3C)c3ccc([nH]3)c2-c2c(C)cccc2C)C=C1)C(=O)O. The van der Waals surface area contributed by atoms with E-state index in [1.54, 1.807) is 6.08 Å². The molecule has 0 unspecified atom stereocenters. The second-order valence-electron chi connectivity index (χ2n) is 17.1. The van der Waals surface area contributed by atoms with Gasteiger partial charge in [-0.15, -0.1) is 0 Å². The highest BCUT2D eigenvalue weighted by molar-refractivity contribution is 6.05. The fourth-order valence-corrected chi connectivity index (χ4v) is 9.72. The number of fused-ring (bicyclic) bond motifs is 8. The summed E-state index contributed by atoms with van der Waals surface area (Å²) >= 11 is 0. The van der Waals surface area contributed by atoms with E-state index in [2.05, 4.69) is 185 Å². The number of rotatable bonds is 7. The van der Waals surface area contributed by atoms with Crippen molar-refractivity contribution in [3.8, 4) is 44.5 Å². The summed E-state index contributed by atoms with van der Waals surface area (Å²) in [5, 5.41) is 9.76. The standard InChI is InChI=1S/C58H49N5O2/c1-32-15-10-16-33(2)49(32)53-41-25-26-42(60-41)54(50-34(3)17-11-18-35(50)4)44-29-30-46(62-44)56(52-38(7)21-13-22-39(52)8)57-40(23-14-24-47(59-9)58(64)65)31-48(63-57)55(45-28-27-43(53)61-45)51-36(5)19-12-20-37(51)6/h10-31,61-62H,1-8H3,(H,64,65)/b23-14+,47-24-,53-41?,53-43?,54-42?,54-44?,55-45?,55-48?,56-46?,57-56?. The topological polar surface area (TPSA) is 99.0 Å². The fraction of sp³-hybridized carbons (Fsp3) is 0.138. The molecule has 0 saturated carbocycles. The molecule has 5 heterocycles. The van der Waals surface area contributed by atoms with Crippen molar-refractivity contribution < 1.29 is 9.90 Å². The lowest BCUT2D eigenvalue weighted by atomic mass is 9.92. The lowest BCUT2D eigenvalue weighted by molar-refractivity contribution is -0.132. The van der Waals surface area contributed by atoms with Crippen LogP contribution in [-0.2, 0) is 4.79 Å². The van der Waals surface area contributed by atoms with Crippen molar-refractivity contribution in [2.75, 3.05) is 0 Å². The Balaban J connectivity index is 1.56. The predicted molar refractivity (Wildman–Crippen MR) is 269 cm³/mol. The molecule has 2 aliphatic heterocycles. The molecule has 3 N–H and O–H groups in total. The number of aryl methyl sites for hydroxylation is 8. The zero-order valence-electron chi connectivity index (χ0n) is 37.9. The summed E-state index contributed by atoms with van der Waals surface area (Å²) in [5.74, 6) is -1.28. The first-order valence-electron chi connectivity index (χ1n) is 21.8. The van der Waals surface area contributed by atoms with Gasteiger partial charge in [0, 0.05) is 49.9 Å². The van der Waals surface area contributed by atoms with Crippen LogP contribution in [0, 0.1) is 62.0 Å². The van der Waals surface area contributed by atoms with Gasteiger partial charge in [0.25, 0.3) is 5.70 Å². The average Bonchev–Trinajstić information content (AvgIpc) is 4.11. The summed E-state index contributed by atoms with van der Waals surface area (Å²) < 4.78 is 0. The Kier molecular flexibility index (Phi) is 11.0. The van der Waals surface area contributed by atoms with Crippen LogP contribution in [0.5, 0.6) is 0 Å². The fourth-order valence-electron chi connectivity index (χ4n) is 9.72. The molecular formula is C58H49N5O2. The first-order valence-corrected chi connectivity index (χ1v) is 21.8. The van der Waals surface area contributed by atoms with Gasteiger partial charge in [-0.25, -0.2) is 14.8 Å². The van der Waals surface area contributed by atoms with Crippen LogP contribution in [0.1, 0.15) is 67.3 Å². The number of carbonyl (C=O) groups is 1. The molecule has 7 nitrogen and oxygen atoms in total. The Hall–Kier alpha value is -8.08. The Morgan fingerprint density at radius 3 is 1.23 bits per heavy atom. The number of carboxylic acid groups (broad SMARTS) is 1. The summed E-state index contributed by atoms with van der Waals surface area (Å²) in [6.07, 6.45) is 11.2. The number of aliphatic carboxylic acids is 1. The van der Waals surface area contributed by atoms with Crippen LogP contribution in [0.15, 0.2) is 121 Å². The van der Waals surface area contributed by atoms with Crippen LogP contribution in [0.25, 0.3) is 95.2 Å². The number of carboxylic acids is 1. The van der Waals surface area contributed by atoms with Crippen molar-refractivity contribution in [3.63, 3.8) is 0 Å². The second kappa shape index (κ2) is 16.9. The molecule has 4 aromatic carbocycles. The van der Waals surface area contributed by atoms with E-state index in [-0.39, 0.29) is 5.70 Å². The molecule has 0 radical (unpaired) electrons. The maximum absolute atomic E-state index is 12.0. The van der Waals surface area contributed by atoms with Crippen molar-refractivity contribution >= 4 is 51.8 Å². The van der Waals surface area contributed by atoms with Crippen molar-refractivity contribution in [1.82, 2.24) is 19.9 Å². The average molecular weight is 848 g/mol. The number of H-pyrrole nitrogens is 2. The molecule has 8 bridgehead atoms. The highest BCUT2D eigenvalue weighted by Crippen LogP contribution is 2.44. The van der Waals surface area contributed by atoms with E-state index in [4.69, 9.17) is 16.5 Å². The minimum Gasteiger partial charge on any atom is -0.486 e. The minimum atomic E-state index is -1.28. The van der Waals surface area contributed by atoms with E-state index in [1.807, 2.05) is 6.08 Å². The van der Waals surface area contributed by atoms with E-state index in [9.17, 15) is 9.90 Å². The van der Waals surface area contributed by atoms with Gasteiger partial charge < -0.3 is 15.1 Å². The number of nitrogens with one attached hydrogen (secondary N) is 2. The summed E-state index contributed by atoms with van der Waals surface area (Å²) in [4.78, 5) is 34.3. The molecule has 7 heteroatoms. The Bertz CT molecular complexity index is 3430. The molecule has 0 spiro atoms. The summed E-state index contributed by atoms with van der Waals surface area (Å²) in [6, 6.07) is 34.1. The summed E-state index contributed by atoms with van der Waals surface area (Å²) in [5.41, 5.74) is 24.2. The van der Waals surface area contributed by atoms with Crippen LogP contribution in [0.4, 0.5) is 0 Å². The van der Waals surface area contributed by atoms with Crippen molar-refractivity contribution in [3.05, 3.63) is 200 Å². The molecule has 0 amide bonds. The van der Waals surface area contributed by atoms with Crippen molar-refractivity contribution in [2.24, 2.45) is 0 Å². The molecular weight excluding hydrogens is 799 g/mol. The van der Waals surface area contributed by atoms with E-state index in [1.165, 1.54) is 6.08 Å². The molecule has 318 valence electrons. The zero-order chi connectivity index (χ0) is 45.7. The van der Waals surface area contributed by atoms with E-state index < -0.39 is 5.97 Å². The third kappa shape index (κ3) is 7.53. The first-order chi connectivity index (χ1) is 31.3. The molecule has 7 aromatic rings. The largest absolute Gasteiger partial charge is 0.486 e. The number of allylic oxidation sites excluding steroid dienone is 4. The molecule has 0 fully saturated rings. The quantitative estimate of drug-likeness (QED) is 0.0845. The monoisotopic (exact) mass is 847 g/mol. The second-order valence-corrected chi connectivity index (χ2v) is 17.1. The summed E-state index contributed by atoms with van der Waals surface area (Å²) in [6.45, 7) is 24.7. The lowest BCUT2D eigenvalue weighted by Gasteiger charge is -2.14. The van der Waals surface area contributed by atoms with Crippen LogP contribution in [0.2, 0.25) is 0 Å². The van der Waals surface area contributed by atoms with Crippen LogP contribution in [0.3, 0.4) is 0 Å². The van der Waals surface area contributed by atoms with Gasteiger partial charge in [0.1, 0.15) is 0 Å². The van der Waals surface area contributed by atoms with E-state index in [0.29, 0.717) is 5.69 Å². The number of hydrogen-bond acceptors (Lipinski definition) is 3. The van der Waals surface area contributed by atoms with Gasteiger partial charge in [0.05, 0.1) is 29.3 Å². The third-order valence-electron chi connectivity index (χ3n) is 12.7. The highest BCUT2D eigenvalue weighted by Gasteiger charge is 2.25. The predicted octanol–water partition coefficient (Wildman–Crippen LogP) is 14.6. The molecule has 9 rings (SSSR count). The van der Waals surface area contributed by atoms with Crippen LogP contribution in [-0.4, -0.2) is 31.0 Å². The Labute approximate surface area is 379 Å². The molecule has 65 heavy (non-hydrogen) atoms. The smallest absolute Gasteiger partial charge is 0.333 e. The van der Waals surface area contributed by atoms with Crippen molar-refractivity contribution in [2.45, 2.75) is 55.4 Å². The van der Waals surface area contributed by atoms with E-state index in [0.717, 1.165) is 134 Å². The minimum absolute atomic E-state index is 0.377. The number of aromatic nitrogens is 4. The molecule has 0 atom stereocenters. The van der Waals surface area contributed by atoms with Crippen LogP contribution < -0.4 is 0 Å². The Morgan fingerprint density at radius 1 is 0.508 bits per heavy atom. The molecule has 2 aliphatic rings. The van der Waals surface area contributed by atoms with Gasteiger partial charge in [-0.2, -0.15) is 0 Å². The van der Waals surface area contributed by atoms with Gasteiger partial charge in [-0.05, 0) is 171 Å². The number of hydrogen-bond donors (Lipinski definition) is 3. The van der Waals surface area contributed by atoms with Gasteiger partial charge >= 0.3 is 5.97 Å². The normalized spacial score (nSPS) is 12.5. The van der Waals surface area contributed by atoms with Gasteiger partial charge in [-0.3, -0.25) is 4.79 Å². The first kappa shape index (κ1) is 42.2. The number of aromatic amines is 2. The lowest BCUT2D eigenvalue weighted by Crippen LogP contribution is -1.96. The highest BCUT2D eigenvalue weighted by atomic mass is 16.4. The maximum atomic E-state index is 12.0. The van der Waals surface area contributed by atoms with Gasteiger partial charge in [0.15, 0.2) is 0 Å². The maximum Gasteiger partial charge on any atom is 0.333 e. The van der Waals surface area contributed by atoms with Crippen LogP contribution >= 0.6 is 0 Å². The van der Waals surface area contributed by atoms with E-state index >= 15 is 0 Å². The number of nitrogens with zero attached hydrogens (tertiary/aromatic N) is 3. The Morgan fingerprint density at radius 2 is 0.862 bits per heavy atom. The van der Waals surface area contributed by atoms with Crippen molar-refractivity contribution in [1.29, 1.82) is 0 Å². The van der Waals surface area contributed by atoms with Gasteiger partial charge in [-0.1, -0.05) is 84.9 Å². The van der Waals surface area contributed by atoms with Gasteiger partial charge in [0.2, 0.25) is 0 Å². The third-order valence-corrected chi connectivity index (χ3v) is 12.7. The number of benzene rings is 4. The summed E-state index contributed by atoms with van der Waals surface area (Å²) in [7, 11) is 0.